The van der Waals surface area contributed by atoms with E-state index >= 15 is 0 Å². The van der Waals surface area contributed by atoms with Crippen molar-refractivity contribution in [2.45, 2.75) is 65.1 Å². The van der Waals surface area contributed by atoms with Gasteiger partial charge in [-0.15, -0.1) is 11.3 Å². The Hall–Kier alpha value is -3.71. The van der Waals surface area contributed by atoms with Gasteiger partial charge in [0.15, 0.2) is 6.29 Å². The molecule has 1 N–H and O–H groups in total. The van der Waals surface area contributed by atoms with E-state index in [1.807, 2.05) is 29.5 Å². The highest BCUT2D eigenvalue weighted by Gasteiger charge is 2.26. The number of amides is 2. The average molecular weight is 605 g/mol. The number of carbonyl (C=O) groups excluding carboxylic acids is 1. The first kappa shape index (κ1) is 29.0. The van der Waals surface area contributed by atoms with Crippen LogP contribution in [-0.2, 0) is 28.8 Å². The third-order valence-corrected chi connectivity index (χ3v) is 10.1. The molecular weight excluding hydrogens is 564 g/mol. The number of hydroxylamine groups is 1. The number of benzene rings is 3. The van der Waals surface area contributed by atoms with Crippen molar-refractivity contribution in [1.82, 2.24) is 5.32 Å². The predicted molar refractivity (Wildman–Crippen MR) is 181 cm³/mol. The molecule has 1 unspecified atom stereocenters. The Bertz CT molecular complexity index is 1700. The average Bonchev–Trinajstić information content (AvgIpc) is 3.57. The fourth-order valence-electron chi connectivity index (χ4n) is 6.61. The van der Waals surface area contributed by atoms with Gasteiger partial charge in [0, 0.05) is 29.3 Å². The van der Waals surface area contributed by atoms with E-state index in [2.05, 4.69) is 79.8 Å². The van der Waals surface area contributed by atoms with E-state index < -0.39 is 6.29 Å². The summed E-state index contributed by atoms with van der Waals surface area (Å²) in [5.41, 5.74) is 11.9. The second kappa shape index (κ2) is 12.7. The molecular formula is C38H40N2O3S. The molecule has 1 atom stereocenters. The molecule has 1 aromatic heterocycles. The van der Waals surface area contributed by atoms with Crippen LogP contribution in [0, 0.1) is 5.92 Å². The molecule has 4 aromatic rings. The highest BCUT2D eigenvalue weighted by Crippen LogP contribution is 2.42. The molecule has 226 valence electrons. The maximum absolute atomic E-state index is 13.3. The maximum atomic E-state index is 13.3. The van der Waals surface area contributed by atoms with E-state index in [0.29, 0.717) is 24.8 Å². The first-order valence-electron chi connectivity index (χ1n) is 16.0. The number of aryl methyl sites for hydroxylation is 1. The number of nitrogens with one attached hydrogen (secondary N) is 1. The Kier molecular flexibility index (Phi) is 8.39. The Balaban J connectivity index is 1.14. The van der Waals surface area contributed by atoms with E-state index in [4.69, 9.17) is 9.57 Å². The highest BCUT2D eigenvalue weighted by atomic mass is 32.1. The molecule has 1 saturated heterocycles. The molecule has 1 aliphatic heterocycles. The number of urea groups is 1. The fourth-order valence-corrected chi connectivity index (χ4v) is 7.65. The van der Waals surface area contributed by atoms with Gasteiger partial charge in [-0.05, 0) is 113 Å². The van der Waals surface area contributed by atoms with Gasteiger partial charge in [-0.2, -0.15) is 5.06 Å². The topological polar surface area (TPSA) is 50.8 Å². The van der Waals surface area contributed by atoms with Gasteiger partial charge in [0.2, 0.25) is 0 Å². The standard InChI is InChI=1S/C38H40N2O3S/c1-25(2)24-39-38(41)40(43-37-12-5-6-21-42-37)30-10-7-9-28(23-30)35-19-20-36(44-35)29-15-16-32-27(22-29)14-18-33-31-11-4-3-8-26(31)13-17-34(32)33/h3-4,7-11,14,18-20,22-23,25,37H,5-6,12-13,15-17,21,24H2,1-2H3,(H,39,41). The van der Waals surface area contributed by atoms with Crippen molar-refractivity contribution in [3.63, 3.8) is 0 Å². The van der Waals surface area contributed by atoms with Crippen molar-refractivity contribution in [3.8, 4) is 21.6 Å². The lowest BCUT2D eigenvalue weighted by Crippen LogP contribution is -2.44. The normalized spacial score (nSPS) is 17.3. The fraction of sp³-hybridized carbons (Fsp3) is 0.342. The number of hydrogen-bond acceptors (Lipinski definition) is 4. The Morgan fingerprint density at radius 2 is 1.80 bits per heavy atom. The van der Waals surface area contributed by atoms with Crippen LogP contribution in [0.15, 0.2) is 72.8 Å². The van der Waals surface area contributed by atoms with Crippen LogP contribution >= 0.6 is 11.3 Å². The summed E-state index contributed by atoms with van der Waals surface area (Å²) in [5.74, 6) is 0.339. The second-order valence-corrected chi connectivity index (χ2v) is 13.6. The van der Waals surface area contributed by atoms with Crippen LogP contribution in [0.4, 0.5) is 10.5 Å². The predicted octanol–water partition coefficient (Wildman–Crippen LogP) is 9.30. The van der Waals surface area contributed by atoms with Crippen molar-refractivity contribution in [1.29, 1.82) is 0 Å². The van der Waals surface area contributed by atoms with Crippen molar-refractivity contribution >= 4 is 34.7 Å². The molecule has 7 rings (SSSR count). The largest absolute Gasteiger partial charge is 0.350 e. The Morgan fingerprint density at radius 3 is 2.66 bits per heavy atom. The molecule has 5 nitrogen and oxygen atoms in total. The Labute approximate surface area is 264 Å². The zero-order chi connectivity index (χ0) is 30.0. The van der Waals surface area contributed by atoms with Crippen LogP contribution in [0.2, 0.25) is 0 Å². The van der Waals surface area contributed by atoms with Gasteiger partial charge in [0.05, 0.1) is 5.69 Å². The molecule has 1 fully saturated rings. The summed E-state index contributed by atoms with van der Waals surface area (Å²) in [4.78, 5) is 21.9. The number of anilines is 1. The minimum Gasteiger partial charge on any atom is -0.350 e. The summed E-state index contributed by atoms with van der Waals surface area (Å²) in [5, 5.41) is 4.40. The van der Waals surface area contributed by atoms with Crippen LogP contribution in [0.3, 0.4) is 0 Å². The number of thiophene rings is 1. The zero-order valence-corrected chi connectivity index (χ0v) is 26.4. The third-order valence-electron chi connectivity index (χ3n) is 8.89. The van der Waals surface area contributed by atoms with Crippen LogP contribution in [0.1, 0.15) is 66.7 Å². The number of hydrogen-bond donors (Lipinski definition) is 1. The van der Waals surface area contributed by atoms with Gasteiger partial charge in [-0.3, -0.25) is 0 Å². The maximum Gasteiger partial charge on any atom is 0.346 e. The molecule has 2 amide bonds. The minimum atomic E-state index is -0.424. The van der Waals surface area contributed by atoms with Crippen molar-refractivity contribution in [3.05, 3.63) is 99.9 Å². The van der Waals surface area contributed by atoms with E-state index in [9.17, 15) is 4.79 Å². The van der Waals surface area contributed by atoms with Gasteiger partial charge >= 0.3 is 6.03 Å². The van der Waals surface area contributed by atoms with E-state index in [1.54, 1.807) is 5.56 Å². The van der Waals surface area contributed by atoms with Gasteiger partial charge in [-0.25, -0.2) is 9.63 Å². The van der Waals surface area contributed by atoms with Gasteiger partial charge in [-0.1, -0.05) is 68.5 Å². The molecule has 0 spiro atoms. The summed E-state index contributed by atoms with van der Waals surface area (Å²) >= 11 is 1.81. The lowest BCUT2D eigenvalue weighted by molar-refractivity contribution is -0.163. The van der Waals surface area contributed by atoms with Crippen LogP contribution in [0.25, 0.3) is 33.2 Å². The zero-order valence-electron chi connectivity index (χ0n) is 25.6. The van der Waals surface area contributed by atoms with Gasteiger partial charge < -0.3 is 10.1 Å². The third kappa shape index (κ3) is 5.99. The number of fused-ring (bicyclic) bond motifs is 5. The Morgan fingerprint density at radius 1 is 0.932 bits per heavy atom. The minimum absolute atomic E-state index is 0.270. The smallest absolute Gasteiger partial charge is 0.346 e. The van der Waals surface area contributed by atoms with Crippen molar-refractivity contribution < 1.29 is 14.4 Å². The van der Waals surface area contributed by atoms with E-state index in [1.165, 1.54) is 48.2 Å². The summed E-state index contributed by atoms with van der Waals surface area (Å²) in [6.45, 7) is 5.39. The number of rotatable bonds is 7. The molecule has 0 bridgehead atoms. The molecule has 44 heavy (non-hydrogen) atoms. The molecule has 0 radical (unpaired) electrons. The molecule has 3 aliphatic rings. The summed E-state index contributed by atoms with van der Waals surface area (Å²) < 4.78 is 5.81. The quantitative estimate of drug-likeness (QED) is 0.214. The number of allylic oxidation sites excluding steroid dienone is 1. The van der Waals surface area contributed by atoms with E-state index in [0.717, 1.165) is 50.5 Å². The molecule has 3 aromatic carbocycles. The number of nitrogens with zero attached hydrogens (tertiary/aromatic N) is 1. The first-order valence-corrected chi connectivity index (χ1v) is 16.9. The van der Waals surface area contributed by atoms with Crippen molar-refractivity contribution in [2.75, 3.05) is 18.2 Å². The van der Waals surface area contributed by atoms with Crippen LogP contribution in [-0.4, -0.2) is 25.5 Å². The van der Waals surface area contributed by atoms with Crippen molar-refractivity contribution in [2.24, 2.45) is 5.92 Å². The van der Waals surface area contributed by atoms with Crippen LogP contribution < -0.4 is 10.4 Å². The summed E-state index contributed by atoms with van der Waals surface area (Å²) in [6.07, 6.45) is 9.18. The number of carbonyl (C=O) groups is 1. The second-order valence-electron chi connectivity index (χ2n) is 12.5. The monoisotopic (exact) mass is 604 g/mol. The summed E-state index contributed by atoms with van der Waals surface area (Å²) in [6, 6.07) is 25.8. The van der Waals surface area contributed by atoms with Gasteiger partial charge in [0.1, 0.15) is 0 Å². The molecule has 6 heteroatoms. The first-order chi connectivity index (χ1) is 21.5. The number of ether oxygens (including phenoxy) is 1. The lowest BCUT2D eigenvalue weighted by Gasteiger charge is -2.29. The molecule has 2 heterocycles. The van der Waals surface area contributed by atoms with Crippen LogP contribution in [0.5, 0.6) is 0 Å². The molecule has 0 saturated carbocycles. The highest BCUT2D eigenvalue weighted by molar-refractivity contribution is 7.16. The van der Waals surface area contributed by atoms with E-state index in [-0.39, 0.29) is 6.03 Å². The van der Waals surface area contributed by atoms with Gasteiger partial charge in [0.25, 0.3) is 0 Å². The molecule has 2 aliphatic carbocycles. The lowest BCUT2D eigenvalue weighted by atomic mass is 9.78. The SMILES string of the molecule is CC(C)CNC(=O)N(OC1CCCCO1)c1cccc(-c2ccc(C3=Cc4ccc5c(c4CC3)CCc3ccccc3-5)s2)c1. The summed E-state index contributed by atoms with van der Waals surface area (Å²) in [7, 11) is 0.